The van der Waals surface area contributed by atoms with Crippen LogP contribution in [-0.4, -0.2) is 84.7 Å². The van der Waals surface area contributed by atoms with E-state index in [0.29, 0.717) is 26.1 Å². The summed E-state index contributed by atoms with van der Waals surface area (Å²) in [5.41, 5.74) is 0.413. The van der Waals surface area contributed by atoms with E-state index in [2.05, 4.69) is 19.9 Å². The highest BCUT2D eigenvalue weighted by Crippen LogP contribution is 2.71. The van der Waals surface area contributed by atoms with Gasteiger partial charge in [-0.1, -0.05) is 36.8 Å². The molecule has 0 aromatic carbocycles. The third-order valence-corrected chi connectivity index (χ3v) is 9.33. The first-order valence-electron chi connectivity index (χ1n) is 13.4. The molecule has 208 valence electrons. The summed E-state index contributed by atoms with van der Waals surface area (Å²) in [6, 6.07) is 0. The Morgan fingerprint density at radius 1 is 1.34 bits per heavy atom. The number of fused-ring (bicyclic) bond motifs is 2. The molecule has 5 rings (SSSR count). The Kier molecular flexibility index (Phi) is 7.43. The standard InChI is InChI=1S/C29H38O9/c1-18-8-10-28(16-30)23(12-18)37-24-14-22(27(28,3)29(24)17-36-29)38-25(32)7-5-4-6-21(19(2)31)34-11-9-20-13-26(33)35-15-20/h4-7,12-13,19,21-24,30-31H,8-11,14-17H2,1-3H3/b6-4+,7-5-/t19?,21?,22-,23-,24+,27-,28-,29+/m1/s1. The zero-order chi connectivity index (χ0) is 27.1. The van der Waals surface area contributed by atoms with Crippen molar-refractivity contribution in [1.82, 2.24) is 0 Å². The van der Waals surface area contributed by atoms with Crippen molar-refractivity contribution in [3.05, 3.63) is 47.6 Å². The molecule has 1 saturated carbocycles. The molecule has 0 amide bonds. The molecule has 3 aliphatic heterocycles. The monoisotopic (exact) mass is 530 g/mol. The Morgan fingerprint density at radius 2 is 2.13 bits per heavy atom. The number of carbonyl (C=O) groups excluding carboxylic acids is 2. The van der Waals surface area contributed by atoms with Gasteiger partial charge in [0.05, 0.1) is 38.1 Å². The van der Waals surface area contributed by atoms with Gasteiger partial charge in [0.1, 0.15) is 24.4 Å². The van der Waals surface area contributed by atoms with Gasteiger partial charge in [-0.05, 0) is 38.7 Å². The quantitative estimate of drug-likeness (QED) is 0.144. The van der Waals surface area contributed by atoms with Crippen LogP contribution in [0.4, 0.5) is 0 Å². The molecule has 1 spiro atoms. The summed E-state index contributed by atoms with van der Waals surface area (Å²) in [7, 11) is 0. The van der Waals surface area contributed by atoms with E-state index in [-0.39, 0.29) is 31.4 Å². The lowest BCUT2D eigenvalue weighted by molar-refractivity contribution is -0.228. The number of allylic oxidation sites excluding steroid dienone is 3. The van der Waals surface area contributed by atoms with Crippen LogP contribution in [0.1, 0.15) is 46.5 Å². The first kappa shape index (κ1) is 27.3. The van der Waals surface area contributed by atoms with Gasteiger partial charge in [-0.25, -0.2) is 9.59 Å². The van der Waals surface area contributed by atoms with E-state index in [4.69, 9.17) is 23.7 Å². The number of hydrogen-bond acceptors (Lipinski definition) is 9. The number of cyclic esters (lactones) is 1. The van der Waals surface area contributed by atoms with Crippen LogP contribution in [0, 0.1) is 10.8 Å². The predicted molar refractivity (Wildman–Crippen MR) is 136 cm³/mol. The van der Waals surface area contributed by atoms with E-state index in [0.717, 1.165) is 18.4 Å². The molecule has 9 heteroatoms. The minimum atomic E-state index is -0.759. The van der Waals surface area contributed by atoms with Crippen molar-refractivity contribution in [3.8, 4) is 0 Å². The molecule has 2 unspecified atom stereocenters. The number of aliphatic hydroxyl groups is 2. The zero-order valence-corrected chi connectivity index (χ0v) is 22.3. The second kappa shape index (κ2) is 10.4. The Hall–Kier alpha value is -2.30. The molecular weight excluding hydrogens is 492 g/mol. The van der Waals surface area contributed by atoms with Crippen molar-refractivity contribution >= 4 is 11.9 Å². The molecule has 0 aromatic heterocycles. The third kappa shape index (κ3) is 4.48. The fourth-order valence-electron chi connectivity index (χ4n) is 6.89. The van der Waals surface area contributed by atoms with E-state index in [1.165, 1.54) is 17.7 Å². The molecule has 3 fully saturated rings. The molecule has 0 aromatic rings. The fourth-order valence-corrected chi connectivity index (χ4v) is 6.89. The minimum absolute atomic E-state index is 0.0657. The molecule has 8 atom stereocenters. The zero-order valence-electron chi connectivity index (χ0n) is 22.3. The summed E-state index contributed by atoms with van der Waals surface area (Å²) in [6.07, 6.45) is 10.3. The highest BCUT2D eigenvalue weighted by atomic mass is 16.6. The van der Waals surface area contributed by atoms with Gasteiger partial charge < -0.3 is 33.9 Å². The van der Waals surface area contributed by atoms with Crippen molar-refractivity contribution < 1.29 is 43.5 Å². The average Bonchev–Trinajstić information content (AvgIpc) is 3.55. The van der Waals surface area contributed by atoms with Crippen molar-refractivity contribution in [2.75, 3.05) is 26.4 Å². The van der Waals surface area contributed by atoms with Gasteiger partial charge in [-0.15, -0.1) is 0 Å². The third-order valence-electron chi connectivity index (χ3n) is 9.33. The molecule has 3 heterocycles. The van der Waals surface area contributed by atoms with Crippen LogP contribution < -0.4 is 0 Å². The van der Waals surface area contributed by atoms with Crippen LogP contribution in [0.5, 0.6) is 0 Å². The van der Waals surface area contributed by atoms with Crippen LogP contribution >= 0.6 is 0 Å². The second-order valence-corrected chi connectivity index (χ2v) is 11.4. The van der Waals surface area contributed by atoms with Crippen LogP contribution in [-0.2, 0) is 33.3 Å². The molecule has 0 radical (unpaired) electrons. The Labute approximate surface area is 223 Å². The van der Waals surface area contributed by atoms with Gasteiger partial charge in [-0.2, -0.15) is 0 Å². The maximum absolute atomic E-state index is 12.9. The Morgan fingerprint density at radius 3 is 2.79 bits per heavy atom. The predicted octanol–water partition coefficient (Wildman–Crippen LogP) is 2.32. The summed E-state index contributed by atoms with van der Waals surface area (Å²) in [5.74, 6) is -0.827. The van der Waals surface area contributed by atoms with Crippen LogP contribution in [0.15, 0.2) is 47.6 Å². The van der Waals surface area contributed by atoms with Crippen LogP contribution in [0.2, 0.25) is 0 Å². The van der Waals surface area contributed by atoms with Crippen molar-refractivity contribution in [3.63, 3.8) is 0 Å². The van der Waals surface area contributed by atoms with Gasteiger partial charge in [0.25, 0.3) is 0 Å². The summed E-state index contributed by atoms with van der Waals surface area (Å²) >= 11 is 0. The van der Waals surface area contributed by atoms with Crippen LogP contribution in [0.25, 0.3) is 0 Å². The van der Waals surface area contributed by atoms with E-state index in [1.54, 1.807) is 25.2 Å². The smallest absolute Gasteiger partial charge is 0.331 e. The summed E-state index contributed by atoms with van der Waals surface area (Å²) in [4.78, 5) is 24.0. The van der Waals surface area contributed by atoms with Gasteiger partial charge in [0, 0.05) is 29.4 Å². The van der Waals surface area contributed by atoms with Crippen molar-refractivity contribution in [1.29, 1.82) is 0 Å². The average molecular weight is 531 g/mol. The maximum Gasteiger partial charge on any atom is 0.331 e. The number of carbonyl (C=O) groups is 2. The summed E-state index contributed by atoms with van der Waals surface area (Å²) < 4.78 is 29.1. The molecule has 38 heavy (non-hydrogen) atoms. The first-order valence-corrected chi connectivity index (χ1v) is 13.4. The first-order chi connectivity index (χ1) is 18.1. The molecule has 5 aliphatic rings. The lowest BCUT2D eigenvalue weighted by Crippen LogP contribution is -2.66. The lowest BCUT2D eigenvalue weighted by atomic mass is 9.51. The van der Waals surface area contributed by atoms with Crippen molar-refractivity contribution in [2.24, 2.45) is 10.8 Å². The summed E-state index contributed by atoms with van der Waals surface area (Å²) in [6.45, 7) is 6.87. The SMILES string of the molecule is CC1=C[C@H]2O[C@H]3C[C@@H](OC(=O)/C=C\C=C\C(OCCC4=CC(=O)OC4)C(C)O)[C@](C)([C@@]2(CO)CC1)[C@]31CO1. The minimum Gasteiger partial charge on any atom is -0.458 e. The number of epoxide rings is 1. The number of esters is 2. The summed E-state index contributed by atoms with van der Waals surface area (Å²) in [5, 5.41) is 20.7. The van der Waals surface area contributed by atoms with Crippen molar-refractivity contribution in [2.45, 2.75) is 82.6 Å². The van der Waals surface area contributed by atoms with E-state index < -0.39 is 40.7 Å². The van der Waals surface area contributed by atoms with Gasteiger partial charge in [-0.3, -0.25) is 0 Å². The molecular formula is C29H38O9. The van der Waals surface area contributed by atoms with Gasteiger partial charge in [0.2, 0.25) is 0 Å². The molecule has 2 bridgehead atoms. The Balaban J connectivity index is 1.21. The molecule has 2 saturated heterocycles. The number of aliphatic hydroxyl groups excluding tert-OH is 2. The maximum atomic E-state index is 12.9. The number of ether oxygens (including phenoxy) is 5. The van der Waals surface area contributed by atoms with Gasteiger partial charge in [0.15, 0.2) is 0 Å². The largest absolute Gasteiger partial charge is 0.458 e. The van der Waals surface area contributed by atoms with E-state index in [1.807, 2.05) is 0 Å². The van der Waals surface area contributed by atoms with E-state index in [9.17, 15) is 19.8 Å². The fraction of sp³-hybridized carbons (Fsp3) is 0.655. The topological polar surface area (TPSA) is 124 Å². The molecule has 9 nitrogen and oxygen atoms in total. The molecule has 2 N–H and O–H groups in total. The Bertz CT molecular complexity index is 1070. The lowest BCUT2D eigenvalue weighted by Gasteiger charge is -2.58. The number of rotatable bonds is 10. The van der Waals surface area contributed by atoms with Gasteiger partial charge >= 0.3 is 11.9 Å². The van der Waals surface area contributed by atoms with Crippen LogP contribution in [0.3, 0.4) is 0 Å². The number of hydrogen-bond donors (Lipinski definition) is 2. The normalized spacial score (nSPS) is 39.2. The highest BCUT2D eigenvalue weighted by molar-refractivity contribution is 5.85. The highest BCUT2D eigenvalue weighted by Gasteiger charge is 2.82. The second-order valence-electron chi connectivity index (χ2n) is 11.4. The van der Waals surface area contributed by atoms with E-state index >= 15 is 0 Å². The molecule has 2 aliphatic carbocycles.